The minimum Gasteiger partial charge on any atom is -0.736 e. The number of esters is 1. The van der Waals surface area contributed by atoms with Gasteiger partial charge in [-0.3, -0.25) is 4.79 Å². The van der Waals surface area contributed by atoms with Gasteiger partial charge < -0.3 is 18.7 Å². The molecular weight excluding hydrogens is 474 g/mol. The van der Waals surface area contributed by atoms with Crippen molar-refractivity contribution in [2.24, 2.45) is 0 Å². The summed E-state index contributed by atoms with van der Waals surface area (Å²) in [6.07, 6.45) is 0. The fourth-order valence-corrected chi connectivity index (χ4v) is 4.91. The zero-order valence-electron chi connectivity index (χ0n) is 21.6. The van der Waals surface area contributed by atoms with E-state index in [9.17, 15) is 14.3 Å². The smallest absolute Gasteiger partial charge is 0.736 e. The fourth-order valence-electron chi connectivity index (χ4n) is 3.98. The number of phosphoric ester groups is 1. The van der Waals surface area contributed by atoms with E-state index in [1.807, 2.05) is 52.0 Å². The third-order valence-electron chi connectivity index (χ3n) is 5.77. The first-order chi connectivity index (χ1) is 15.8. The molecule has 0 radical (unpaired) electrons. The summed E-state index contributed by atoms with van der Waals surface area (Å²) in [5, 5.41) is 0. The van der Waals surface area contributed by atoms with E-state index < -0.39 is 13.2 Å². The molecule has 0 aliphatic rings. The first kappa shape index (κ1) is 29.2. The molecule has 3 rings (SSSR count). The van der Waals surface area contributed by atoms with E-state index in [1.54, 1.807) is 30.3 Å². The topological polar surface area (TPSA) is 84.9 Å². The number of hydrogen-bond acceptors (Lipinski definition) is 6. The Morgan fingerprint density at radius 3 is 1.66 bits per heavy atom. The van der Waals surface area contributed by atoms with Crippen LogP contribution >= 0.6 is 7.82 Å². The maximum Gasteiger partial charge on any atom is 1.00 e. The Morgan fingerprint density at radius 2 is 1.23 bits per heavy atom. The first-order valence-electron chi connectivity index (χ1n) is 11.0. The Balaban J connectivity index is 0.00000432. The third-order valence-corrected chi connectivity index (χ3v) is 6.61. The second-order valence-corrected chi connectivity index (χ2v) is 10.3. The van der Waals surface area contributed by atoms with Gasteiger partial charge in [-0.1, -0.05) is 56.3 Å². The van der Waals surface area contributed by atoms with Gasteiger partial charge in [-0.25, -0.2) is 4.57 Å². The van der Waals surface area contributed by atoms with E-state index in [-0.39, 0.29) is 47.0 Å². The van der Waals surface area contributed by atoms with Crippen LogP contribution in [0.2, 0.25) is 0 Å². The van der Waals surface area contributed by atoms with Gasteiger partial charge in [-0.2, -0.15) is 0 Å². The van der Waals surface area contributed by atoms with Gasteiger partial charge in [0.2, 0.25) is 0 Å². The molecule has 0 aliphatic carbocycles. The molecule has 0 saturated heterocycles. The Labute approximate surface area is 229 Å². The van der Waals surface area contributed by atoms with Gasteiger partial charge >= 0.3 is 43.3 Å². The molecule has 0 N–H and O–H groups in total. The van der Waals surface area contributed by atoms with Crippen LogP contribution in [0.15, 0.2) is 54.6 Å². The molecule has 0 heterocycles. The zero-order valence-corrected chi connectivity index (χ0v) is 24.5. The van der Waals surface area contributed by atoms with Crippen LogP contribution in [-0.4, -0.2) is 5.97 Å². The van der Waals surface area contributed by atoms with E-state index in [0.717, 1.165) is 22.3 Å². The predicted octanol–water partition coefficient (Wildman–Crippen LogP) is 3.10. The number of aryl methyl sites for hydroxylation is 4. The quantitative estimate of drug-likeness (QED) is 0.213. The molecule has 6 nitrogen and oxygen atoms in total. The van der Waals surface area contributed by atoms with Crippen LogP contribution in [0.4, 0.5) is 0 Å². The molecule has 3 aromatic carbocycles. The van der Waals surface area contributed by atoms with Crippen molar-refractivity contribution in [2.75, 3.05) is 0 Å². The molecule has 0 spiro atoms. The summed E-state index contributed by atoms with van der Waals surface area (Å²) in [6.45, 7) is 13.0. The average Bonchev–Trinajstić information content (AvgIpc) is 2.73. The van der Waals surface area contributed by atoms with Gasteiger partial charge in [0, 0.05) is 12.3 Å². The van der Waals surface area contributed by atoms with Crippen LogP contribution in [0.3, 0.4) is 0 Å². The monoisotopic (exact) mass is 504 g/mol. The fraction of sp³-hybridized carbons (Fsp3) is 0.296. The zero-order chi connectivity index (χ0) is 25.3. The summed E-state index contributed by atoms with van der Waals surface area (Å²) in [7, 11) is -4.63. The van der Waals surface area contributed by atoms with Gasteiger partial charge in [0.15, 0.2) is 0 Å². The number of carbonyl (C=O) groups is 1. The molecule has 35 heavy (non-hydrogen) atoms. The van der Waals surface area contributed by atoms with E-state index in [0.29, 0.717) is 16.9 Å². The molecule has 1 atom stereocenters. The summed E-state index contributed by atoms with van der Waals surface area (Å²) in [4.78, 5) is 24.0. The summed E-state index contributed by atoms with van der Waals surface area (Å²) in [5.74, 6) is 0.669. The Bertz CT molecular complexity index is 1220. The number of carbonyl (C=O) groups excluding carboxylic acids is 1. The summed E-state index contributed by atoms with van der Waals surface area (Å²) in [6, 6.07) is 16.1. The summed E-state index contributed by atoms with van der Waals surface area (Å²) in [5.41, 5.74) is 4.75. The average molecular weight is 504 g/mol. The summed E-state index contributed by atoms with van der Waals surface area (Å²) >= 11 is 0. The second-order valence-electron chi connectivity index (χ2n) is 9.04. The molecule has 0 amide bonds. The van der Waals surface area contributed by atoms with Crippen molar-refractivity contribution in [2.45, 2.75) is 53.9 Å². The molecule has 0 aromatic heterocycles. The first-order valence-corrected chi connectivity index (χ1v) is 12.4. The Kier molecular flexibility index (Phi) is 9.43. The molecule has 1 unspecified atom stereocenters. The molecule has 0 aliphatic heterocycles. The van der Waals surface area contributed by atoms with E-state index in [2.05, 4.69) is 13.8 Å². The maximum atomic E-state index is 12.5. The van der Waals surface area contributed by atoms with Crippen molar-refractivity contribution in [1.82, 2.24) is 0 Å². The maximum absolute atomic E-state index is 12.5. The third kappa shape index (κ3) is 6.99. The Hall–Kier alpha value is -2.08. The van der Waals surface area contributed by atoms with E-state index in [4.69, 9.17) is 13.8 Å². The van der Waals surface area contributed by atoms with Crippen LogP contribution in [0.25, 0.3) is 0 Å². The Morgan fingerprint density at radius 1 is 0.800 bits per heavy atom. The van der Waals surface area contributed by atoms with Gasteiger partial charge in [-0.15, -0.1) is 0 Å². The molecule has 0 bridgehead atoms. The van der Waals surface area contributed by atoms with Crippen molar-refractivity contribution < 1.29 is 57.6 Å². The van der Waals surface area contributed by atoms with Crippen molar-refractivity contribution >= 4 is 13.8 Å². The summed E-state index contributed by atoms with van der Waals surface area (Å²) < 4.78 is 28.3. The number of ether oxygens (including phenoxy) is 1. The van der Waals surface area contributed by atoms with E-state index in [1.165, 1.54) is 6.92 Å². The number of benzene rings is 3. The van der Waals surface area contributed by atoms with Crippen LogP contribution in [0, 0.1) is 27.7 Å². The van der Waals surface area contributed by atoms with Crippen LogP contribution in [0.5, 0.6) is 17.2 Å². The van der Waals surface area contributed by atoms with Crippen LogP contribution in [-0.2, 0) is 14.8 Å². The van der Waals surface area contributed by atoms with Crippen molar-refractivity contribution in [3.63, 3.8) is 0 Å². The van der Waals surface area contributed by atoms with E-state index >= 15 is 0 Å². The van der Waals surface area contributed by atoms with Gasteiger partial charge in [0.25, 0.3) is 0 Å². The standard InChI is InChI=1S/C27H31O6P.Na/c1-17-13-22(14-18(2)25(17)31-21(5)28)27(6,7)23-15-19(3)26(20(4)16-23)33-34(29,30)32-24-11-9-8-10-12-24;/h8-16H,1-7H3,(H,29,30);/q;+1/p-1. The minimum atomic E-state index is -4.63. The SMILES string of the molecule is CC(=O)Oc1c(C)cc(C(C)(C)c2cc(C)c(OP(=O)([O-])Oc3ccccc3)c(C)c2)cc1C.[Na+]. The normalized spacial score (nSPS) is 12.8. The molecule has 8 heteroatoms. The van der Waals surface area contributed by atoms with Crippen molar-refractivity contribution in [1.29, 1.82) is 0 Å². The molecule has 3 aromatic rings. The van der Waals surface area contributed by atoms with Crippen LogP contribution < -0.4 is 48.2 Å². The van der Waals surface area contributed by atoms with Gasteiger partial charge in [0.05, 0.1) is 0 Å². The van der Waals surface area contributed by atoms with Gasteiger partial charge in [0.1, 0.15) is 17.2 Å². The predicted molar refractivity (Wildman–Crippen MR) is 131 cm³/mol. The van der Waals surface area contributed by atoms with Crippen molar-refractivity contribution in [3.8, 4) is 17.2 Å². The number of rotatable bonds is 7. The number of hydrogen-bond donors (Lipinski definition) is 0. The number of phosphoric acid groups is 1. The molecule has 0 saturated carbocycles. The van der Waals surface area contributed by atoms with Gasteiger partial charge in [-0.05, 0) is 73.2 Å². The molecular formula is C27H30NaO6P. The minimum absolute atomic E-state index is 0. The number of para-hydroxylation sites is 1. The van der Waals surface area contributed by atoms with Crippen LogP contribution in [0.1, 0.15) is 54.2 Å². The largest absolute Gasteiger partial charge is 1.00 e. The molecule has 180 valence electrons. The second kappa shape index (κ2) is 11.3. The van der Waals surface area contributed by atoms with Crippen molar-refractivity contribution in [3.05, 3.63) is 88.0 Å². The molecule has 0 fully saturated rings.